The minimum absolute atomic E-state index is 0.0281. The van der Waals surface area contributed by atoms with E-state index in [1.165, 1.54) is 119 Å². The summed E-state index contributed by atoms with van der Waals surface area (Å²) in [5.74, 6) is 0. The van der Waals surface area contributed by atoms with Gasteiger partial charge in [0.15, 0.2) is 5.58 Å². The second-order valence-corrected chi connectivity index (χ2v) is 20.4. The summed E-state index contributed by atoms with van der Waals surface area (Å²) >= 11 is 0. The van der Waals surface area contributed by atoms with Crippen LogP contribution in [0.1, 0.15) is 96.4 Å². The fraction of sp³-hybridized carbons (Fsp3) is 0.273. The Hall–Kier alpha value is -5.74. The average molecular weight is 765 g/mol. The van der Waals surface area contributed by atoms with Crippen molar-refractivity contribution < 1.29 is 4.42 Å². The number of furan rings is 1. The molecule has 288 valence electrons. The van der Waals surface area contributed by atoms with Crippen LogP contribution in [0.25, 0.3) is 55.0 Å². The molecule has 0 radical (unpaired) electrons. The Bertz CT molecular complexity index is 3200. The van der Waals surface area contributed by atoms with Gasteiger partial charge in [0.1, 0.15) is 5.58 Å². The number of hydrogen-bond acceptors (Lipinski definition) is 3. The fourth-order valence-electron chi connectivity index (χ4n) is 12.8. The van der Waals surface area contributed by atoms with Crippen LogP contribution in [0.3, 0.4) is 0 Å². The molecule has 4 heterocycles. The topological polar surface area (TPSA) is 19.6 Å². The Morgan fingerprint density at radius 3 is 2.17 bits per heavy atom. The molecule has 4 heteroatoms. The lowest BCUT2D eigenvalue weighted by Gasteiger charge is -2.53. The van der Waals surface area contributed by atoms with Gasteiger partial charge < -0.3 is 14.1 Å². The minimum Gasteiger partial charge on any atom is -0.454 e. The average Bonchev–Trinajstić information content (AvgIpc) is 3.80. The second-order valence-electron chi connectivity index (χ2n) is 20.4. The Morgan fingerprint density at radius 1 is 0.593 bits per heavy atom. The molecule has 0 spiro atoms. The molecule has 1 aromatic heterocycles. The monoisotopic (exact) mass is 764 g/mol. The molecule has 0 saturated heterocycles. The summed E-state index contributed by atoms with van der Waals surface area (Å²) < 4.78 is 7.19. The van der Waals surface area contributed by atoms with Crippen molar-refractivity contribution in [3.05, 3.63) is 144 Å². The molecule has 0 amide bonds. The zero-order chi connectivity index (χ0) is 40.0. The van der Waals surface area contributed by atoms with E-state index in [-0.39, 0.29) is 28.6 Å². The van der Waals surface area contributed by atoms with Crippen molar-refractivity contribution in [3.8, 4) is 22.3 Å². The highest BCUT2D eigenvalue weighted by molar-refractivity contribution is 6.94. The fourth-order valence-corrected chi connectivity index (χ4v) is 12.8. The summed E-state index contributed by atoms with van der Waals surface area (Å²) in [5, 5.41) is 4.95. The first kappa shape index (κ1) is 34.2. The van der Waals surface area contributed by atoms with E-state index >= 15 is 0 Å². The lowest BCUT2D eigenvalue weighted by atomic mass is 9.43. The van der Waals surface area contributed by atoms with Gasteiger partial charge in [-0.25, -0.2) is 0 Å². The van der Waals surface area contributed by atoms with E-state index in [2.05, 4.69) is 180 Å². The maximum atomic E-state index is 7.19. The van der Waals surface area contributed by atoms with Crippen LogP contribution >= 0.6 is 0 Å². The van der Waals surface area contributed by atoms with Crippen LogP contribution in [0.2, 0.25) is 0 Å². The molecule has 7 aromatic carbocycles. The molecule has 0 N–H and O–H groups in total. The van der Waals surface area contributed by atoms with Gasteiger partial charge >= 0.3 is 6.85 Å². The number of anilines is 4. The van der Waals surface area contributed by atoms with E-state index in [1.807, 2.05) is 0 Å². The van der Waals surface area contributed by atoms with E-state index in [1.54, 1.807) is 0 Å². The molecule has 8 aromatic rings. The van der Waals surface area contributed by atoms with Crippen LogP contribution in [0.5, 0.6) is 0 Å². The standard InChI is InChI=1S/C55H49BN2O/c1-52(2,3)33-28-44-49-45(29-33)56-47-40(31-41-38-19-11-13-21-46(38)59-51(41)50(47)57(49)55(7)27-15-14-26-54(44,55)6)39-24-22-32-16-8-9-17-35(32)48(39)58(56)34-23-25-37-36-18-10-12-20-42(36)53(4,5)43(37)30-34/h8-13,16-25,28-31H,14-15,26-27H2,1-7H3. The number of nitrogens with zero attached hydrogens (tertiary/aromatic N) is 2. The molecule has 1 saturated carbocycles. The van der Waals surface area contributed by atoms with Gasteiger partial charge in [-0.2, -0.15) is 0 Å². The highest BCUT2D eigenvalue weighted by Gasteiger charge is 2.63. The predicted octanol–water partition coefficient (Wildman–Crippen LogP) is 13.3. The minimum atomic E-state index is -0.127. The first-order chi connectivity index (χ1) is 28.4. The molecule has 13 rings (SSSR count). The maximum absolute atomic E-state index is 7.19. The molecule has 2 unspecified atom stereocenters. The van der Waals surface area contributed by atoms with Gasteiger partial charge in [-0.15, -0.1) is 0 Å². The van der Waals surface area contributed by atoms with Crippen molar-refractivity contribution in [1.82, 2.24) is 0 Å². The van der Waals surface area contributed by atoms with Crippen molar-refractivity contribution in [2.24, 2.45) is 0 Å². The predicted molar refractivity (Wildman–Crippen MR) is 249 cm³/mol. The summed E-state index contributed by atoms with van der Waals surface area (Å²) in [5.41, 5.74) is 20.8. The highest BCUT2D eigenvalue weighted by atomic mass is 16.3. The molecule has 2 aliphatic carbocycles. The number of para-hydroxylation sites is 1. The lowest BCUT2D eigenvalue weighted by molar-refractivity contribution is 0.195. The Labute approximate surface area is 347 Å². The molecule has 59 heavy (non-hydrogen) atoms. The largest absolute Gasteiger partial charge is 0.454 e. The molecule has 3 nitrogen and oxygen atoms in total. The van der Waals surface area contributed by atoms with Crippen molar-refractivity contribution in [2.75, 3.05) is 9.71 Å². The summed E-state index contributed by atoms with van der Waals surface area (Å²) in [6.07, 6.45) is 4.80. The first-order valence-electron chi connectivity index (χ1n) is 21.9. The van der Waals surface area contributed by atoms with E-state index in [0.29, 0.717) is 0 Å². The first-order valence-corrected chi connectivity index (χ1v) is 21.9. The smallest absolute Gasteiger partial charge is 0.333 e. The van der Waals surface area contributed by atoms with Crippen molar-refractivity contribution >= 4 is 73.2 Å². The number of benzene rings is 7. The number of hydrogen-bond donors (Lipinski definition) is 0. The van der Waals surface area contributed by atoms with Gasteiger partial charge in [-0.05, 0) is 105 Å². The van der Waals surface area contributed by atoms with Gasteiger partial charge in [-0.1, -0.05) is 151 Å². The van der Waals surface area contributed by atoms with E-state index < -0.39 is 0 Å². The summed E-state index contributed by atoms with van der Waals surface area (Å²) in [6, 6.07) is 46.7. The van der Waals surface area contributed by atoms with Crippen molar-refractivity contribution in [1.29, 1.82) is 0 Å². The van der Waals surface area contributed by atoms with Crippen molar-refractivity contribution in [3.63, 3.8) is 0 Å². The van der Waals surface area contributed by atoms with Crippen LogP contribution < -0.4 is 20.6 Å². The third-order valence-electron chi connectivity index (χ3n) is 16.1. The van der Waals surface area contributed by atoms with Gasteiger partial charge in [0, 0.05) is 49.6 Å². The molecule has 1 fully saturated rings. The normalized spacial score (nSPS) is 21.7. The zero-order valence-corrected chi connectivity index (χ0v) is 35.3. The molecular weight excluding hydrogens is 715 g/mol. The molecule has 3 aliphatic heterocycles. The molecular formula is C55H49BN2O. The summed E-state index contributed by atoms with van der Waals surface area (Å²) in [4.78, 5) is 5.61. The molecule has 2 atom stereocenters. The number of rotatable bonds is 1. The van der Waals surface area contributed by atoms with E-state index in [0.717, 1.165) is 17.6 Å². The SMILES string of the molecule is CC(C)(C)c1cc2c3c(c1)C1(C)CCCCC1(C)N3c1c3c(cc4c1oc1ccccc14)-c1ccc4ccccc4c1N(c1ccc4c(c1)C(C)(C)c1ccccc1-4)B23. The third kappa shape index (κ3) is 4.02. The highest BCUT2D eigenvalue weighted by Crippen LogP contribution is 2.64. The summed E-state index contributed by atoms with van der Waals surface area (Å²) in [7, 11) is 0. The summed E-state index contributed by atoms with van der Waals surface area (Å²) in [6.45, 7) is 17.1. The lowest BCUT2D eigenvalue weighted by Crippen LogP contribution is -2.64. The molecule has 5 aliphatic rings. The number of fused-ring (bicyclic) bond motifs is 16. The second kappa shape index (κ2) is 10.9. The van der Waals surface area contributed by atoms with E-state index in [4.69, 9.17) is 4.42 Å². The van der Waals surface area contributed by atoms with Gasteiger partial charge in [0.2, 0.25) is 0 Å². The maximum Gasteiger partial charge on any atom is 0.333 e. The molecule has 0 bridgehead atoms. The Balaban J connectivity index is 1.22. The van der Waals surface area contributed by atoms with Crippen LogP contribution in [-0.2, 0) is 16.2 Å². The third-order valence-corrected chi connectivity index (χ3v) is 16.1. The van der Waals surface area contributed by atoms with Gasteiger partial charge in [0.05, 0.1) is 11.2 Å². The Morgan fingerprint density at radius 2 is 1.32 bits per heavy atom. The quantitative estimate of drug-likeness (QED) is 0.155. The zero-order valence-electron chi connectivity index (χ0n) is 35.3. The van der Waals surface area contributed by atoms with E-state index in [9.17, 15) is 0 Å². The Kier molecular flexibility index (Phi) is 6.31. The van der Waals surface area contributed by atoms with Gasteiger partial charge in [0.25, 0.3) is 0 Å². The van der Waals surface area contributed by atoms with Crippen LogP contribution in [-0.4, -0.2) is 12.4 Å². The van der Waals surface area contributed by atoms with Crippen LogP contribution in [0, 0.1) is 0 Å². The van der Waals surface area contributed by atoms with Gasteiger partial charge in [-0.3, -0.25) is 0 Å². The van der Waals surface area contributed by atoms with Crippen molar-refractivity contribution in [2.45, 2.75) is 95.9 Å². The van der Waals surface area contributed by atoms with Crippen LogP contribution in [0.4, 0.5) is 22.7 Å². The van der Waals surface area contributed by atoms with Crippen LogP contribution in [0.15, 0.2) is 126 Å².